The fourth-order valence-electron chi connectivity index (χ4n) is 10.9. The molecule has 0 unspecified atom stereocenters. The number of hydrogen-bond acceptors (Lipinski definition) is 1. The highest BCUT2D eigenvalue weighted by atomic mass is 32.3. The monoisotopic (exact) mass is 831 g/mol. The zero-order valence-electron chi connectivity index (χ0n) is 36.3. The zero-order chi connectivity index (χ0) is 42.4. The first kappa shape index (κ1) is 39.3. The Bertz CT molecular complexity index is 2940. The molecule has 9 aromatic carbocycles. The Morgan fingerprint density at radius 1 is 0.413 bits per heavy atom. The molecule has 2 heteroatoms. The average Bonchev–Trinajstić information content (AvgIpc) is 3.59. The van der Waals surface area contributed by atoms with Crippen LogP contribution in [0.4, 0.5) is 17.1 Å². The van der Waals surface area contributed by atoms with E-state index in [1.165, 1.54) is 113 Å². The number of rotatable bonds is 9. The molecular weight excluding hydrogens is 779 g/mol. The molecule has 1 nitrogen and oxygen atoms in total. The van der Waals surface area contributed by atoms with Crippen molar-refractivity contribution in [1.29, 1.82) is 0 Å². The highest BCUT2D eigenvalue weighted by Crippen LogP contribution is 2.73. The second-order valence-corrected chi connectivity index (χ2v) is 21.0. The number of fused-ring (bicyclic) bond motifs is 4. The SMILES string of the molecule is CC1(C)c2ccccc2-c2c(-c3cccc4ccccc34)cc(N(c3ccc(C4CCCCC4)cc3)c3ccc(S(c4ccccc4)(c4ccccc4)c4ccccc4)cc3)cc21. The molecule has 63 heavy (non-hydrogen) atoms. The largest absolute Gasteiger partial charge is 0.310 e. The Hall–Kier alpha value is -6.61. The number of hydrogen-bond donors (Lipinski definition) is 0. The number of anilines is 3. The lowest BCUT2D eigenvalue weighted by Crippen LogP contribution is -2.17. The molecule has 1 fully saturated rings. The summed E-state index contributed by atoms with van der Waals surface area (Å²) in [6.45, 7) is 4.82. The maximum absolute atomic E-state index is 2.52. The first-order valence-corrected chi connectivity index (χ1v) is 24.4. The highest BCUT2D eigenvalue weighted by molar-refractivity contribution is 8.34. The lowest BCUT2D eigenvalue weighted by atomic mass is 9.81. The molecule has 0 N–H and O–H groups in total. The van der Waals surface area contributed by atoms with Crippen LogP contribution in [-0.2, 0) is 5.41 Å². The summed E-state index contributed by atoms with van der Waals surface area (Å²) in [5.41, 5.74) is 12.7. The molecule has 2 aliphatic carbocycles. The molecule has 0 bridgehead atoms. The summed E-state index contributed by atoms with van der Waals surface area (Å²) in [4.78, 5) is 7.80. The average molecular weight is 832 g/mol. The van der Waals surface area contributed by atoms with Crippen LogP contribution >= 0.6 is 10.0 Å². The summed E-state index contributed by atoms with van der Waals surface area (Å²) in [6, 6.07) is 82.4. The van der Waals surface area contributed by atoms with Crippen molar-refractivity contribution in [1.82, 2.24) is 0 Å². The molecule has 0 spiro atoms. The van der Waals surface area contributed by atoms with Crippen LogP contribution in [0.25, 0.3) is 33.0 Å². The van der Waals surface area contributed by atoms with E-state index in [0.29, 0.717) is 5.92 Å². The van der Waals surface area contributed by atoms with E-state index in [2.05, 4.69) is 237 Å². The van der Waals surface area contributed by atoms with E-state index >= 15 is 0 Å². The van der Waals surface area contributed by atoms with Gasteiger partial charge in [0.25, 0.3) is 0 Å². The van der Waals surface area contributed by atoms with Crippen molar-refractivity contribution in [3.63, 3.8) is 0 Å². The van der Waals surface area contributed by atoms with E-state index in [1.807, 2.05) is 0 Å². The van der Waals surface area contributed by atoms with Gasteiger partial charge in [-0.15, -0.1) is 10.0 Å². The van der Waals surface area contributed by atoms with E-state index < -0.39 is 10.0 Å². The minimum Gasteiger partial charge on any atom is -0.310 e. The van der Waals surface area contributed by atoms with Crippen molar-refractivity contribution < 1.29 is 0 Å². The highest BCUT2D eigenvalue weighted by Gasteiger charge is 2.38. The topological polar surface area (TPSA) is 3.24 Å². The van der Waals surface area contributed by atoms with E-state index in [-0.39, 0.29) is 5.41 Å². The summed E-state index contributed by atoms with van der Waals surface area (Å²) >= 11 is 0. The third kappa shape index (κ3) is 6.71. The van der Waals surface area contributed by atoms with E-state index in [9.17, 15) is 0 Å². The quantitative estimate of drug-likeness (QED) is 0.140. The molecule has 0 heterocycles. The molecule has 0 aliphatic heterocycles. The molecule has 308 valence electrons. The third-order valence-corrected chi connectivity index (χ3v) is 17.9. The van der Waals surface area contributed by atoms with Crippen LogP contribution in [-0.4, -0.2) is 0 Å². The van der Waals surface area contributed by atoms with Crippen molar-refractivity contribution in [3.8, 4) is 22.3 Å². The molecule has 0 radical (unpaired) electrons. The molecule has 9 aromatic rings. The molecule has 0 saturated heterocycles. The van der Waals surface area contributed by atoms with Crippen LogP contribution in [0, 0.1) is 0 Å². The van der Waals surface area contributed by atoms with Crippen LogP contribution in [0.5, 0.6) is 0 Å². The summed E-state index contributed by atoms with van der Waals surface area (Å²) in [5, 5.41) is 2.53. The third-order valence-electron chi connectivity index (χ3n) is 14.0. The Labute approximate surface area is 375 Å². The number of nitrogens with zero attached hydrogens (tertiary/aromatic N) is 1. The Morgan fingerprint density at radius 2 is 0.921 bits per heavy atom. The van der Waals surface area contributed by atoms with Gasteiger partial charge < -0.3 is 4.90 Å². The van der Waals surface area contributed by atoms with Crippen LogP contribution < -0.4 is 4.90 Å². The normalized spacial score (nSPS) is 14.8. The van der Waals surface area contributed by atoms with Crippen LogP contribution in [0.2, 0.25) is 0 Å². The van der Waals surface area contributed by atoms with Gasteiger partial charge >= 0.3 is 0 Å². The predicted molar refractivity (Wildman–Crippen MR) is 267 cm³/mol. The van der Waals surface area contributed by atoms with Gasteiger partial charge in [-0.3, -0.25) is 0 Å². The van der Waals surface area contributed by atoms with Gasteiger partial charge in [0.2, 0.25) is 0 Å². The second-order valence-electron chi connectivity index (χ2n) is 17.9. The van der Waals surface area contributed by atoms with Crippen molar-refractivity contribution in [2.24, 2.45) is 0 Å². The molecule has 0 atom stereocenters. The van der Waals surface area contributed by atoms with Gasteiger partial charge in [0.15, 0.2) is 0 Å². The zero-order valence-corrected chi connectivity index (χ0v) is 37.1. The van der Waals surface area contributed by atoms with Crippen LogP contribution in [0.3, 0.4) is 0 Å². The smallest absolute Gasteiger partial charge is 0.0471 e. The van der Waals surface area contributed by atoms with Gasteiger partial charge in [0.1, 0.15) is 0 Å². The van der Waals surface area contributed by atoms with E-state index in [1.54, 1.807) is 0 Å². The fraction of sp³-hybridized carbons (Fsp3) is 0.148. The number of benzene rings is 9. The Morgan fingerprint density at radius 3 is 1.56 bits per heavy atom. The Kier molecular flexibility index (Phi) is 10.1. The maximum atomic E-state index is 2.52. The summed E-state index contributed by atoms with van der Waals surface area (Å²) in [5.74, 6) is 0.642. The maximum Gasteiger partial charge on any atom is 0.0471 e. The van der Waals surface area contributed by atoms with Crippen molar-refractivity contribution in [3.05, 3.63) is 235 Å². The summed E-state index contributed by atoms with van der Waals surface area (Å²) in [7, 11) is -1.84. The van der Waals surface area contributed by atoms with Gasteiger partial charge in [-0.25, -0.2) is 0 Å². The van der Waals surface area contributed by atoms with Gasteiger partial charge in [-0.1, -0.05) is 167 Å². The fourth-order valence-corrected chi connectivity index (χ4v) is 14.7. The molecule has 2 aliphatic rings. The lowest BCUT2D eigenvalue weighted by molar-refractivity contribution is 0.443. The van der Waals surface area contributed by atoms with Crippen molar-refractivity contribution in [2.75, 3.05) is 4.90 Å². The first-order valence-electron chi connectivity index (χ1n) is 22.8. The van der Waals surface area contributed by atoms with Crippen LogP contribution in [0.15, 0.2) is 238 Å². The summed E-state index contributed by atoms with van der Waals surface area (Å²) < 4.78 is 0. The summed E-state index contributed by atoms with van der Waals surface area (Å²) in [6.07, 6.45) is 6.58. The molecule has 1 saturated carbocycles. The van der Waals surface area contributed by atoms with Gasteiger partial charge in [0.05, 0.1) is 0 Å². The lowest BCUT2D eigenvalue weighted by Gasteiger charge is -2.42. The van der Waals surface area contributed by atoms with Gasteiger partial charge in [-0.2, -0.15) is 0 Å². The minimum absolute atomic E-state index is 0.189. The van der Waals surface area contributed by atoms with E-state index in [4.69, 9.17) is 0 Å². The van der Waals surface area contributed by atoms with Gasteiger partial charge in [0, 0.05) is 42.1 Å². The van der Waals surface area contributed by atoms with Gasteiger partial charge in [-0.05, 0) is 153 Å². The molecular formula is C61H53NS. The van der Waals surface area contributed by atoms with Crippen molar-refractivity contribution >= 4 is 37.9 Å². The predicted octanol–water partition coefficient (Wildman–Crippen LogP) is 17.7. The molecule has 11 rings (SSSR count). The Balaban J connectivity index is 1.14. The first-order chi connectivity index (χ1) is 31.0. The van der Waals surface area contributed by atoms with E-state index in [0.717, 1.165) is 5.69 Å². The molecule has 0 amide bonds. The standard InChI is InChI=1S/C61H53NS/c1-61(2)58-33-18-17-31-56(58)60-57(55-32-19-23-46-22-15-16-30-54(46)55)42-49(43-59(60)61)62(47-36-34-45(35-37-47)44-20-7-3-8-21-44)48-38-40-53(41-39-48)63(50-24-9-4-10-25-50,51-26-11-5-12-27-51)52-28-13-6-14-29-52/h4-6,9-19,22-44H,3,7-8,20-21H2,1-2H3. The van der Waals surface area contributed by atoms with Crippen molar-refractivity contribution in [2.45, 2.75) is 76.9 Å². The molecule has 0 aromatic heterocycles. The second kappa shape index (κ2) is 16.3. The minimum atomic E-state index is -1.84. The van der Waals surface area contributed by atoms with Crippen LogP contribution in [0.1, 0.15) is 68.6 Å².